The van der Waals surface area contributed by atoms with Gasteiger partial charge in [-0.15, -0.1) is 0 Å². The molecule has 1 aromatic heterocycles. The first-order valence-corrected chi connectivity index (χ1v) is 8.07. The Morgan fingerprint density at radius 2 is 2.27 bits per heavy atom. The summed E-state index contributed by atoms with van der Waals surface area (Å²) >= 11 is 3.45. The van der Waals surface area contributed by atoms with E-state index >= 15 is 0 Å². The summed E-state index contributed by atoms with van der Waals surface area (Å²) in [7, 11) is 0. The number of hydrogen-bond acceptors (Lipinski definition) is 5. The summed E-state index contributed by atoms with van der Waals surface area (Å²) in [6.45, 7) is 2.09. The second-order valence-corrected chi connectivity index (χ2v) is 6.31. The van der Waals surface area contributed by atoms with Gasteiger partial charge < -0.3 is 15.2 Å². The second-order valence-electron chi connectivity index (χ2n) is 5.40. The molecule has 1 aliphatic rings. The lowest BCUT2D eigenvalue weighted by molar-refractivity contribution is 0.0527. The third-order valence-electron chi connectivity index (χ3n) is 3.79. The van der Waals surface area contributed by atoms with Crippen molar-refractivity contribution < 1.29 is 14.6 Å². The van der Waals surface area contributed by atoms with E-state index in [-0.39, 0.29) is 18.1 Å². The van der Waals surface area contributed by atoms with E-state index in [0.29, 0.717) is 25.0 Å². The molecule has 6 heteroatoms. The number of aliphatic hydroxyl groups excluding tert-OH is 1. The van der Waals surface area contributed by atoms with Crippen LogP contribution < -0.4 is 5.32 Å². The molecular formula is C16H17BrN2O3. The number of benzene rings is 1. The standard InChI is InChI=1S/C16H17BrN2O3/c1-2-22-16(21)13-8-18-14-4-3-9(17)5-12(14)15(13)19-10-6-11(20)7-10/h3-5,8,10-11,20H,2,6-7H2,1H3,(H,18,19)/t10-,11-. The van der Waals surface area contributed by atoms with Crippen molar-refractivity contribution in [3.05, 3.63) is 34.4 Å². The van der Waals surface area contributed by atoms with Crippen molar-refractivity contribution in [3.63, 3.8) is 0 Å². The van der Waals surface area contributed by atoms with Crippen LogP contribution in [0, 0.1) is 0 Å². The van der Waals surface area contributed by atoms with Crippen LogP contribution in [0.25, 0.3) is 10.9 Å². The third kappa shape index (κ3) is 2.94. The van der Waals surface area contributed by atoms with Gasteiger partial charge in [-0.3, -0.25) is 4.98 Å². The molecule has 1 heterocycles. The van der Waals surface area contributed by atoms with Gasteiger partial charge in [-0.25, -0.2) is 4.79 Å². The van der Waals surface area contributed by atoms with E-state index in [1.807, 2.05) is 18.2 Å². The fourth-order valence-electron chi connectivity index (χ4n) is 2.59. The number of aromatic nitrogens is 1. The minimum atomic E-state index is -0.390. The molecule has 0 aliphatic heterocycles. The molecule has 2 aromatic rings. The first kappa shape index (κ1) is 15.2. The number of aliphatic hydroxyl groups is 1. The summed E-state index contributed by atoms with van der Waals surface area (Å²) in [6, 6.07) is 5.90. The quantitative estimate of drug-likeness (QED) is 0.815. The van der Waals surface area contributed by atoms with Crippen LogP contribution in [-0.2, 0) is 4.74 Å². The molecule has 22 heavy (non-hydrogen) atoms. The number of nitrogens with zero attached hydrogens (tertiary/aromatic N) is 1. The van der Waals surface area contributed by atoms with E-state index in [0.717, 1.165) is 21.1 Å². The predicted octanol–water partition coefficient (Wildman–Crippen LogP) is 3.11. The van der Waals surface area contributed by atoms with Crippen LogP contribution in [0.15, 0.2) is 28.9 Å². The van der Waals surface area contributed by atoms with Crippen molar-refractivity contribution in [1.82, 2.24) is 4.98 Å². The molecule has 2 N–H and O–H groups in total. The summed E-state index contributed by atoms with van der Waals surface area (Å²) in [6.07, 6.45) is 2.65. The number of carbonyl (C=O) groups excluding carboxylic acids is 1. The van der Waals surface area contributed by atoms with E-state index in [9.17, 15) is 9.90 Å². The lowest BCUT2D eigenvalue weighted by Gasteiger charge is -2.33. The molecule has 1 aromatic carbocycles. The van der Waals surface area contributed by atoms with E-state index in [1.54, 1.807) is 13.1 Å². The van der Waals surface area contributed by atoms with Crippen molar-refractivity contribution in [2.24, 2.45) is 0 Å². The largest absolute Gasteiger partial charge is 0.462 e. The van der Waals surface area contributed by atoms with Gasteiger partial charge >= 0.3 is 5.97 Å². The normalized spacial score (nSPS) is 20.5. The number of ether oxygens (including phenoxy) is 1. The van der Waals surface area contributed by atoms with E-state index in [4.69, 9.17) is 4.74 Å². The van der Waals surface area contributed by atoms with Crippen molar-refractivity contribution in [2.45, 2.75) is 31.9 Å². The summed E-state index contributed by atoms with van der Waals surface area (Å²) in [4.78, 5) is 16.5. The lowest BCUT2D eigenvalue weighted by Crippen LogP contribution is -2.39. The molecule has 5 nitrogen and oxygen atoms in total. The minimum Gasteiger partial charge on any atom is -0.462 e. The van der Waals surface area contributed by atoms with Crippen molar-refractivity contribution in [3.8, 4) is 0 Å². The maximum atomic E-state index is 12.2. The Bertz CT molecular complexity index is 714. The van der Waals surface area contributed by atoms with Crippen LogP contribution in [0.4, 0.5) is 5.69 Å². The molecular weight excluding hydrogens is 348 g/mol. The van der Waals surface area contributed by atoms with Gasteiger partial charge in [-0.2, -0.15) is 0 Å². The smallest absolute Gasteiger partial charge is 0.341 e. The molecule has 116 valence electrons. The first-order chi connectivity index (χ1) is 10.6. The number of carbonyl (C=O) groups is 1. The highest BCUT2D eigenvalue weighted by atomic mass is 79.9. The second kappa shape index (κ2) is 6.22. The number of pyridine rings is 1. The summed E-state index contributed by atoms with van der Waals surface area (Å²) in [5, 5.41) is 13.7. The number of hydrogen-bond donors (Lipinski definition) is 2. The maximum absolute atomic E-state index is 12.2. The van der Waals surface area contributed by atoms with Crippen molar-refractivity contribution in [2.75, 3.05) is 11.9 Å². The van der Waals surface area contributed by atoms with Crippen LogP contribution >= 0.6 is 15.9 Å². The molecule has 0 amide bonds. The van der Waals surface area contributed by atoms with Crippen molar-refractivity contribution in [1.29, 1.82) is 0 Å². The third-order valence-corrected chi connectivity index (χ3v) is 4.28. The summed E-state index contributed by atoms with van der Waals surface area (Å²) < 4.78 is 6.04. The summed E-state index contributed by atoms with van der Waals surface area (Å²) in [5.74, 6) is -0.390. The van der Waals surface area contributed by atoms with Gasteiger partial charge in [-0.05, 0) is 38.0 Å². The van der Waals surface area contributed by atoms with Gasteiger partial charge in [0.2, 0.25) is 0 Å². The predicted molar refractivity (Wildman–Crippen MR) is 88.1 cm³/mol. The van der Waals surface area contributed by atoms with Crippen LogP contribution in [-0.4, -0.2) is 34.8 Å². The molecule has 1 saturated carbocycles. The SMILES string of the molecule is CCOC(=O)c1cnc2ccc(Br)cc2c1N[C@H]1C[C@H](O)C1. The lowest BCUT2D eigenvalue weighted by atomic mass is 9.89. The molecule has 0 spiro atoms. The van der Waals surface area contributed by atoms with Gasteiger partial charge in [0.15, 0.2) is 0 Å². The highest BCUT2D eigenvalue weighted by Crippen LogP contribution is 2.32. The number of nitrogens with one attached hydrogen (secondary N) is 1. The number of rotatable bonds is 4. The highest BCUT2D eigenvalue weighted by molar-refractivity contribution is 9.10. The Hall–Kier alpha value is -1.66. The molecule has 0 saturated heterocycles. The summed E-state index contributed by atoms with van der Waals surface area (Å²) in [5.41, 5.74) is 1.95. The van der Waals surface area contributed by atoms with Gasteiger partial charge in [0.1, 0.15) is 5.56 Å². The van der Waals surface area contributed by atoms with Crippen LogP contribution in [0.1, 0.15) is 30.1 Å². The fraction of sp³-hybridized carbons (Fsp3) is 0.375. The number of esters is 1. The fourth-order valence-corrected chi connectivity index (χ4v) is 2.95. The Kier molecular flexibility index (Phi) is 4.31. The average Bonchev–Trinajstić information content (AvgIpc) is 2.46. The molecule has 0 unspecified atom stereocenters. The number of anilines is 1. The molecule has 0 atom stereocenters. The van der Waals surface area contributed by atoms with Crippen molar-refractivity contribution >= 4 is 38.5 Å². The Labute approximate surface area is 136 Å². The van der Waals surface area contributed by atoms with E-state index < -0.39 is 0 Å². The Balaban J connectivity index is 2.06. The number of halogens is 1. The van der Waals surface area contributed by atoms with E-state index in [2.05, 4.69) is 26.2 Å². The monoisotopic (exact) mass is 364 g/mol. The van der Waals surface area contributed by atoms with Gasteiger partial charge in [0.05, 0.1) is 23.9 Å². The minimum absolute atomic E-state index is 0.160. The molecule has 1 fully saturated rings. The van der Waals surface area contributed by atoms with Crippen LogP contribution in [0.3, 0.4) is 0 Å². The zero-order valence-corrected chi connectivity index (χ0v) is 13.8. The highest BCUT2D eigenvalue weighted by Gasteiger charge is 2.29. The topological polar surface area (TPSA) is 71.5 Å². The van der Waals surface area contributed by atoms with Crippen LogP contribution in [0.2, 0.25) is 0 Å². The van der Waals surface area contributed by atoms with Gasteiger partial charge in [0.25, 0.3) is 0 Å². The average molecular weight is 365 g/mol. The Morgan fingerprint density at radius 1 is 1.50 bits per heavy atom. The zero-order chi connectivity index (χ0) is 15.7. The number of fused-ring (bicyclic) bond motifs is 1. The Morgan fingerprint density at radius 3 is 2.95 bits per heavy atom. The molecule has 3 rings (SSSR count). The van der Waals surface area contributed by atoms with E-state index in [1.165, 1.54) is 0 Å². The molecule has 0 bridgehead atoms. The van der Waals surface area contributed by atoms with Gasteiger partial charge in [0, 0.05) is 22.1 Å². The zero-order valence-electron chi connectivity index (χ0n) is 12.2. The van der Waals surface area contributed by atoms with Crippen LogP contribution in [0.5, 0.6) is 0 Å². The maximum Gasteiger partial charge on any atom is 0.341 e. The first-order valence-electron chi connectivity index (χ1n) is 7.28. The molecule has 0 radical (unpaired) electrons. The van der Waals surface area contributed by atoms with Gasteiger partial charge in [-0.1, -0.05) is 15.9 Å². The molecule has 1 aliphatic carbocycles.